The quantitative estimate of drug-likeness (QED) is 0.516. The number of benzene rings is 2. The summed E-state index contributed by atoms with van der Waals surface area (Å²) in [7, 11) is 1.56. The van der Waals surface area contributed by atoms with Crippen molar-refractivity contribution >= 4 is 11.6 Å². The molecule has 3 aromatic rings. The maximum atomic E-state index is 12.6. The number of anilines is 1. The van der Waals surface area contributed by atoms with Gasteiger partial charge in [0.2, 0.25) is 5.91 Å². The van der Waals surface area contributed by atoms with Crippen LogP contribution in [-0.2, 0) is 4.79 Å². The molecular formula is C24H30N4O2. The van der Waals surface area contributed by atoms with E-state index < -0.39 is 0 Å². The summed E-state index contributed by atoms with van der Waals surface area (Å²) in [5.74, 6) is 0.853. The SMILES string of the molecule is CCCC[C@H](CC)C(=O)Nc1ccc(-n2nc(OC)nc2-c2ccccc2C)cc1. The average molecular weight is 407 g/mol. The second kappa shape index (κ2) is 10.1. The predicted octanol–water partition coefficient (Wildman–Crippen LogP) is 5.41. The van der Waals surface area contributed by atoms with Crippen LogP contribution >= 0.6 is 0 Å². The number of rotatable bonds is 9. The van der Waals surface area contributed by atoms with Crippen LogP contribution in [0.15, 0.2) is 48.5 Å². The van der Waals surface area contributed by atoms with Gasteiger partial charge in [-0.15, -0.1) is 5.10 Å². The molecule has 1 atom stereocenters. The summed E-state index contributed by atoms with van der Waals surface area (Å²) in [6, 6.07) is 16.0. The molecule has 6 heteroatoms. The van der Waals surface area contributed by atoms with E-state index in [1.807, 2.05) is 55.5 Å². The molecule has 0 bridgehead atoms. The minimum Gasteiger partial charge on any atom is -0.466 e. The number of carbonyl (C=O) groups is 1. The fourth-order valence-electron chi connectivity index (χ4n) is 3.46. The van der Waals surface area contributed by atoms with Crippen molar-refractivity contribution in [1.29, 1.82) is 0 Å². The Labute approximate surface area is 178 Å². The van der Waals surface area contributed by atoms with Gasteiger partial charge in [-0.2, -0.15) is 4.98 Å². The minimum absolute atomic E-state index is 0.0526. The van der Waals surface area contributed by atoms with Crippen molar-refractivity contribution in [3.05, 3.63) is 54.1 Å². The van der Waals surface area contributed by atoms with Crippen LogP contribution < -0.4 is 10.1 Å². The van der Waals surface area contributed by atoms with Crippen LogP contribution in [0.2, 0.25) is 0 Å². The Bertz CT molecular complexity index is 979. The first kappa shape index (κ1) is 21.6. The molecule has 158 valence electrons. The summed E-state index contributed by atoms with van der Waals surface area (Å²) in [6.45, 7) is 6.25. The molecule has 30 heavy (non-hydrogen) atoms. The first-order chi connectivity index (χ1) is 14.6. The number of methoxy groups -OCH3 is 1. The predicted molar refractivity (Wildman–Crippen MR) is 120 cm³/mol. The molecule has 0 saturated heterocycles. The summed E-state index contributed by atoms with van der Waals surface area (Å²) < 4.78 is 7.03. The van der Waals surface area contributed by atoms with Gasteiger partial charge in [-0.3, -0.25) is 4.79 Å². The highest BCUT2D eigenvalue weighted by Crippen LogP contribution is 2.27. The van der Waals surface area contributed by atoms with Crippen LogP contribution in [0.25, 0.3) is 17.1 Å². The van der Waals surface area contributed by atoms with Crippen LogP contribution in [0.1, 0.15) is 45.1 Å². The summed E-state index contributed by atoms with van der Waals surface area (Å²) in [5, 5.41) is 7.52. The fraction of sp³-hybridized carbons (Fsp3) is 0.375. The number of hydrogen-bond donors (Lipinski definition) is 1. The molecule has 1 amide bonds. The topological polar surface area (TPSA) is 69.0 Å². The third-order valence-corrected chi connectivity index (χ3v) is 5.31. The van der Waals surface area contributed by atoms with E-state index in [1.54, 1.807) is 11.8 Å². The van der Waals surface area contributed by atoms with E-state index >= 15 is 0 Å². The molecule has 0 radical (unpaired) electrons. The molecule has 1 aromatic heterocycles. The van der Waals surface area contributed by atoms with E-state index in [4.69, 9.17) is 4.74 Å². The van der Waals surface area contributed by atoms with Gasteiger partial charge in [0.25, 0.3) is 0 Å². The molecule has 0 spiro atoms. The van der Waals surface area contributed by atoms with Gasteiger partial charge < -0.3 is 10.1 Å². The molecule has 3 rings (SSSR count). The van der Waals surface area contributed by atoms with Gasteiger partial charge >= 0.3 is 6.01 Å². The Hall–Kier alpha value is -3.15. The molecule has 0 saturated carbocycles. The molecule has 1 N–H and O–H groups in total. The number of nitrogens with one attached hydrogen (secondary N) is 1. The van der Waals surface area contributed by atoms with E-state index in [-0.39, 0.29) is 11.8 Å². The lowest BCUT2D eigenvalue weighted by Gasteiger charge is -2.15. The van der Waals surface area contributed by atoms with Gasteiger partial charge in [0, 0.05) is 17.2 Å². The van der Waals surface area contributed by atoms with Gasteiger partial charge in [-0.25, -0.2) is 4.68 Å². The maximum absolute atomic E-state index is 12.6. The summed E-state index contributed by atoms with van der Waals surface area (Å²) in [6.07, 6.45) is 3.95. The highest BCUT2D eigenvalue weighted by Gasteiger charge is 2.17. The van der Waals surface area contributed by atoms with Crippen LogP contribution in [-0.4, -0.2) is 27.8 Å². The number of carbonyl (C=O) groups excluding carboxylic acids is 1. The zero-order valence-corrected chi connectivity index (χ0v) is 18.2. The standard InChI is InChI=1S/C24H30N4O2/c1-5-7-11-18(6-2)23(29)25-19-13-15-20(16-14-19)28-22(26-24(27-28)30-4)21-12-9-8-10-17(21)3/h8-10,12-16,18H,5-7,11H2,1-4H3,(H,25,29)/t18-/m0/s1. The lowest BCUT2D eigenvalue weighted by molar-refractivity contribution is -0.120. The van der Waals surface area contributed by atoms with Gasteiger partial charge in [-0.05, 0) is 49.6 Å². The lowest BCUT2D eigenvalue weighted by Crippen LogP contribution is -2.22. The third-order valence-electron chi connectivity index (χ3n) is 5.31. The summed E-state index contributed by atoms with van der Waals surface area (Å²) >= 11 is 0. The Kier molecular flexibility index (Phi) is 7.22. The van der Waals surface area contributed by atoms with Gasteiger partial charge in [0.15, 0.2) is 5.82 Å². The van der Waals surface area contributed by atoms with Crippen LogP contribution in [0.5, 0.6) is 6.01 Å². The molecule has 2 aromatic carbocycles. The third kappa shape index (κ3) is 4.87. The number of unbranched alkanes of at least 4 members (excludes halogenated alkanes) is 1. The van der Waals surface area contributed by atoms with Gasteiger partial charge in [-0.1, -0.05) is 51.0 Å². The van der Waals surface area contributed by atoms with Gasteiger partial charge in [0.05, 0.1) is 12.8 Å². The Balaban J connectivity index is 1.84. The number of hydrogen-bond acceptors (Lipinski definition) is 4. The number of nitrogens with zero attached hydrogens (tertiary/aromatic N) is 3. The Morgan fingerprint density at radius 2 is 1.87 bits per heavy atom. The minimum atomic E-state index is 0.0526. The average Bonchev–Trinajstić information content (AvgIpc) is 3.19. The Morgan fingerprint density at radius 1 is 1.13 bits per heavy atom. The number of ether oxygens (including phenoxy) is 1. The molecule has 0 fully saturated rings. The second-order valence-electron chi connectivity index (χ2n) is 7.43. The van der Waals surface area contributed by atoms with Crippen LogP contribution in [0.4, 0.5) is 5.69 Å². The zero-order valence-electron chi connectivity index (χ0n) is 18.2. The molecule has 0 aliphatic heterocycles. The van der Waals surface area contributed by atoms with E-state index in [1.165, 1.54) is 0 Å². The highest BCUT2D eigenvalue weighted by atomic mass is 16.5. The van der Waals surface area contributed by atoms with Gasteiger partial charge in [0.1, 0.15) is 0 Å². The molecule has 0 aliphatic rings. The highest BCUT2D eigenvalue weighted by molar-refractivity contribution is 5.92. The fourth-order valence-corrected chi connectivity index (χ4v) is 3.46. The van der Waals surface area contributed by atoms with E-state index in [2.05, 4.69) is 29.2 Å². The van der Waals surface area contributed by atoms with Crippen molar-refractivity contribution in [3.63, 3.8) is 0 Å². The second-order valence-corrected chi connectivity index (χ2v) is 7.43. The zero-order chi connectivity index (χ0) is 21.5. The van der Waals surface area contributed by atoms with E-state index in [0.717, 1.165) is 48.2 Å². The first-order valence-electron chi connectivity index (χ1n) is 10.6. The van der Waals surface area contributed by atoms with Crippen molar-refractivity contribution in [3.8, 4) is 23.1 Å². The largest absolute Gasteiger partial charge is 0.466 e. The first-order valence-corrected chi connectivity index (χ1v) is 10.6. The monoisotopic (exact) mass is 406 g/mol. The molecule has 1 heterocycles. The smallest absolute Gasteiger partial charge is 0.336 e. The van der Waals surface area contributed by atoms with Crippen molar-refractivity contribution in [2.75, 3.05) is 12.4 Å². The van der Waals surface area contributed by atoms with Crippen molar-refractivity contribution in [1.82, 2.24) is 14.8 Å². The van der Waals surface area contributed by atoms with Crippen molar-refractivity contribution < 1.29 is 9.53 Å². The van der Waals surface area contributed by atoms with E-state index in [0.29, 0.717) is 11.8 Å². The Morgan fingerprint density at radius 3 is 2.50 bits per heavy atom. The van der Waals surface area contributed by atoms with Crippen LogP contribution in [0, 0.1) is 12.8 Å². The lowest BCUT2D eigenvalue weighted by atomic mass is 9.98. The molecule has 0 aliphatic carbocycles. The summed E-state index contributed by atoms with van der Waals surface area (Å²) in [5.41, 5.74) is 3.73. The van der Waals surface area contributed by atoms with E-state index in [9.17, 15) is 4.79 Å². The van der Waals surface area contributed by atoms with Crippen molar-refractivity contribution in [2.24, 2.45) is 5.92 Å². The number of aromatic nitrogens is 3. The number of aryl methyl sites for hydroxylation is 1. The van der Waals surface area contributed by atoms with Crippen LogP contribution in [0.3, 0.4) is 0 Å². The molecule has 0 unspecified atom stereocenters. The summed E-state index contributed by atoms with van der Waals surface area (Å²) in [4.78, 5) is 17.1. The number of amides is 1. The normalized spacial score (nSPS) is 11.9. The van der Waals surface area contributed by atoms with Crippen molar-refractivity contribution in [2.45, 2.75) is 46.5 Å². The molecular weight excluding hydrogens is 376 g/mol. The molecule has 6 nitrogen and oxygen atoms in total. The maximum Gasteiger partial charge on any atom is 0.336 e.